The average molecular weight is 462 g/mol. The summed E-state index contributed by atoms with van der Waals surface area (Å²) in [6.45, 7) is 6.87. The second-order valence-corrected chi connectivity index (χ2v) is 8.80. The van der Waals surface area contributed by atoms with Crippen LogP contribution in [0.15, 0.2) is 36.4 Å². The maximum absolute atomic E-state index is 12.6. The van der Waals surface area contributed by atoms with Crippen molar-refractivity contribution in [2.45, 2.75) is 51.5 Å². The highest BCUT2D eigenvalue weighted by molar-refractivity contribution is 5.95. The van der Waals surface area contributed by atoms with Gasteiger partial charge in [-0.25, -0.2) is 5.10 Å². The molecule has 0 radical (unpaired) electrons. The molecule has 1 heterocycles. The highest BCUT2D eigenvalue weighted by Gasteiger charge is 2.44. The largest absolute Gasteiger partial charge is 0.352 e. The van der Waals surface area contributed by atoms with E-state index in [1.165, 1.54) is 0 Å². The van der Waals surface area contributed by atoms with Crippen LogP contribution in [0, 0.1) is 0 Å². The van der Waals surface area contributed by atoms with Crippen LogP contribution in [0.1, 0.15) is 76.0 Å². The number of rotatable bonds is 7. The van der Waals surface area contributed by atoms with Crippen molar-refractivity contribution in [3.8, 4) is 0 Å². The topological polar surface area (TPSA) is 139 Å². The zero-order valence-electron chi connectivity index (χ0n) is 19.8. The van der Waals surface area contributed by atoms with Crippen molar-refractivity contribution in [2.75, 3.05) is 13.1 Å². The maximum Gasteiger partial charge on any atom is 0.251 e. The Bertz CT molecular complexity index is 1120. The van der Waals surface area contributed by atoms with Crippen molar-refractivity contribution in [1.82, 2.24) is 31.3 Å². The number of tetrazole rings is 1. The third kappa shape index (κ3) is 4.19. The van der Waals surface area contributed by atoms with Gasteiger partial charge in [-0.1, -0.05) is 12.1 Å². The molecule has 0 aliphatic heterocycles. The van der Waals surface area contributed by atoms with Crippen LogP contribution >= 0.6 is 0 Å². The van der Waals surface area contributed by atoms with E-state index in [2.05, 4.69) is 31.3 Å². The van der Waals surface area contributed by atoms with Crippen LogP contribution in [0.2, 0.25) is 0 Å². The van der Waals surface area contributed by atoms with Gasteiger partial charge >= 0.3 is 0 Å². The zero-order chi connectivity index (χ0) is 24.3. The van der Waals surface area contributed by atoms with Gasteiger partial charge in [-0.3, -0.25) is 9.59 Å². The smallest absolute Gasteiger partial charge is 0.251 e. The second-order valence-electron chi connectivity index (χ2n) is 8.80. The highest BCUT2D eigenvalue weighted by Crippen LogP contribution is 2.46. The van der Waals surface area contributed by atoms with Gasteiger partial charge in [-0.05, 0) is 97.0 Å². The Morgan fingerprint density at radius 2 is 1.53 bits per heavy atom. The molecule has 0 saturated carbocycles. The summed E-state index contributed by atoms with van der Waals surface area (Å²) in [5, 5.41) is 20.8. The Kier molecular flexibility index (Phi) is 6.74. The van der Waals surface area contributed by atoms with Gasteiger partial charge in [-0.15, -0.1) is 5.10 Å². The lowest BCUT2D eigenvalue weighted by Gasteiger charge is -2.35. The molecule has 1 aliphatic carbocycles. The summed E-state index contributed by atoms with van der Waals surface area (Å²) in [6, 6.07) is 11.4. The number of fused-ring (bicyclic) bond motifs is 2. The summed E-state index contributed by atoms with van der Waals surface area (Å²) in [4.78, 5) is 25.1. The number of nitrogens with one attached hydrogen (secondary N) is 3. The summed E-state index contributed by atoms with van der Waals surface area (Å²) in [6.07, 6.45) is 1.96. The highest BCUT2D eigenvalue weighted by atomic mass is 16.2. The number of aromatic amines is 1. The zero-order valence-corrected chi connectivity index (χ0v) is 19.8. The maximum atomic E-state index is 12.6. The van der Waals surface area contributed by atoms with Gasteiger partial charge in [0.2, 0.25) is 0 Å². The van der Waals surface area contributed by atoms with Gasteiger partial charge < -0.3 is 16.4 Å². The summed E-state index contributed by atoms with van der Waals surface area (Å²) in [5.74, 6) is 0.375. The number of H-pyrrole nitrogens is 1. The van der Waals surface area contributed by atoms with E-state index in [-0.39, 0.29) is 17.9 Å². The number of hydrogen-bond donors (Lipinski definition) is 4. The van der Waals surface area contributed by atoms with Crippen molar-refractivity contribution < 1.29 is 9.59 Å². The van der Waals surface area contributed by atoms with Gasteiger partial charge in [0.05, 0.1) is 5.41 Å². The van der Waals surface area contributed by atoms with Gasteiger partial charge in [0, 0.05) is 30.3 Å². The predicted octanol–water partition coefficient (Wildman–Crippen LogP) is 1.87. The number of carbonyl (C=O) groups is 2. The SMILES string of the molecule is CCNC(=O)c1ccc2c(c1)CCc1cc(C(=O)NCC)ccc1C2(CC(C)N)c1nnn[nH]1. The first-order valence-corrected chi connectivity index (χ1v) is 11.7. The molecule has 178 valence electrons. The minimum Gasteiger partial charge on any atom is -0.352 e. The van der Waals surface area contributed by atoms with Crippen LogP contribution in [0.4, 0.5) is 0 Å². The van der Waals surface area contributed by atoms with Gasteiger partial charge in [0.15, 0.2) is 5.82 Å². The van der Waals surface area contributed by atoms with E-state index in [4.69, 9.17) is 5.73 Å². The number of hydrogen-bond acceptors (Lipinski definition) is 6. The van der Waals surface area contributed by atoms with Crippen LogP contribution < -0.4 is 16.4 Å². The molecule has 1 aromatic heterocycles. The molecular formula is C25H31N7O2. The number of aromatic nitrogens is 4. The molecule has 1 atom stereocenters. The predicted molar refractivity (Wildman–Crippen MR) is 129 cm³/mol. The van der Waals surface area contributed by atoms with E-state index in [0.29, 0.717) is 49.3 Å². The fourth-order valence-corrected chi connectivity index (χ4v) is 5.05. The Labute approximate surface area is 198 Å². The molecule has 34 heavy (non-hydrogen) atoms. The Balaban J connectivity index is 1.96. The molecular weight excluding hydrogens is 430 g/mol. The number of amides is 2. The monoisotopic (exact) mass is 461 g/mol. The molecule has 0 bridgehead atoms. The molecule has 5 N–H and O–H groups in total. The van der Waals surface area contributed by atoms with E-state index >= 15 is 0 Å². The standard InChI is InChI=1S/C25H31N7O2/c1-4-27-22(33)18-8-10-20-16(12-18)6-7-17-13-19(23(34)28-5-2)9-11-21(17)25(20,14-15(3)26)24-29-31-32-30-24/h8-13,15H,4-7,14,26H2,1-3H3,(H,27,33)(H,28,34)(H,29,30,31,32). The van der Waals surface area contributed by atoms with Gasteiger partial charge in [0.25, 0.3) is 11.8 Å². The Morgan fingerprint density at radius 1 is 1.00 bits per heavy atom. The quantitative estimate of drug-likeness (QED) is 0.424. The fraction of sp³-hybridized carbons (Fsp3) is 0.400. The van der Waals surface area contributed by atoms with E-state index in [1.807, 2.05) is 57.2 Å². The molecule has 0 spiro atoms. The molecule has 1 unspecified atom stereocenters. The first kappa shape index (κ1) is 23.6. The molecule has 0 saturated heterocycles. The molecule has 4 rings (SSSR count). The Hall–Kier alpha value is -3.59. The summed E-state index contributed by atoms with van der Waals surface area (Å²) in [5.41, 5.74) is 11.0. The Morgan fingerprint density at radius 3 is 1.94 bits per heavy atom. The summed E-state index contributed by atoms with van der Waals surface area (Å²) in [7, 11) is 0. The molecule has 0 fully saturated rings. The molecule has 9 heteroatoms. The van der Waals surface area contributed by atoms with Crippen molar-refractivity contribution in [1.29, 1.82) is 0 Å². The van der Waals surface area contributed by atoms with Crippen molar-refractivity contribution >= 4 is 11.8 Å². The minimum absolute atomic E-state index is 0.107. The van der Waals surface area contributed by atoms with E-state index in [0.717, 1.165) is 22.3 Å². The lowest BCUT2D eigenvalue weighted by molar-refractivity contribution is 0.0947. The van der Waals surface area contributed by atoms with E-state index < -0.39 is 5.41 Å². The molecule has 2 amide bonds. The molecule has 2 aromatic carbocycles. The van der Waals surface area contributed by atoms with E-state index in [9.17, 15) is 9.59 Å². The molecule has 3 aromatic rings. The number of aryl methyl sites for hydroxylation is 2. The fourth-order valence-electron chi connectivity index (χ4n) is 5.05. The number of carbonyl (C=O) groups excluding carboxylic acids is 2. The van der Waals surface area contributed by atoms with Crippen LogP contribution in [-0.2, 0) is 18.3 Å². The van der Waals surface area contributed by atoms with Crippen LogP contribution in [0.3, 0.4) is 0 Å². The van der Waals surface area contributed by atoms with Gasteiger partial charge in [-0.2, -0.15) is 0 Å². The van der Waals surface area contributed by atoms with Crippen LogP contribution in [0.25, 0.3) is 0 Å². The van der Waals surface area contributed by atoms with Crippen molar-refractivity contribution in [3.05, 3.63) is 75.6 Å². The lowest BCUT2D eigenvalue weighted by Crippen LogP contribution is -2.38. The third-order valence-electron chi connectivity index (χ3n) is 6.37. The number of benzene rings is 2. The van der Waals surface area contributed by atoms with Crippen molar-refractivity contribution in [2.24, 2.45) is 5.73 Å². The average Bonchev–Trinajstić information content (AvgIpc) is 3.33. The van der Waals surface area contributed by atoms with Crippen LogP contribution in [0.5, 0.6) is 0 Å². The minimum atomic E-state index is -0.752. The lowest BCUT2D eigenvalue weighted by atomic mass is 9.68. The van der Waals surface area contributed by atoms with Crippen molar-refractivity contribution in [3.63, 3.8) is 0 Å². The number of nitrogens with zero attached hydrogens (tertiary/aromatic N) is 3. The molecule has 9 nitrogen and oxygen atoms in total. The van der Waals surface area contributed by atoms with Gasteiger partial charge in [0.1, 0.15) is 0 Å². The molecule has 1 aliphatic rings. The van der Waals surface area contributed by atoms with Crippen LogP contribution in [-0.4, -0.2) is 51.6 Å². The second kappa shape index (κ2) is 9.72. The number of nitrogens with two attached hydrogens (primary N) is 1. The summed E-state index contributed by atoms with van der Waals surface area (Å²) >= 11 is 0. The summed E-state index contributed by atoms with van der Waals surface area (Å²) < 4.78 is 0. The normalized spacial score (nSPS) is 14.9. The van der Waals surface area contributed by atoms with E-state index in [1.54, 1.807) is 0 Å². The first-order chi connectivity index (χ1) is 16.4. The third-order valence-corrected chi connectivity index (χ3v) is 6.37. The first-order valence-electron chi connectivity index (χ1n) is 11.7.